The van der Waals surface area contributed by atoms with Gasteiger partial charge in [0.1, 0.15) is 6.04 Å². The van der Waals surface area contributed by atoms with Crippen LogP contribution in [-0.2, 0) is 16.1 Å². The van der Waals surface area contributed by atoms with Gasteiger partial charge in [0.2, 0.25) is 5.91 Å². The molecule has 3 rings (SSSR count). The number of aromatic nitrogens is 3. The van der Waals surface area contributed by atoms with Crippen LogP contribution >= 0.6 is 0 Å². The fourth-order valence-corrected chi connectivity index (χ4v) is 3.73. The molecular weight excluding hydrogens is 272 g/mol. The van der Waals surface area contributed by atoms with E-state index in [-0.39, 0.29) is 18.4 Å². The summed E-state index contributed by atoms with van der Waals surface area (Å²) in [6, 6.07) is -0.538. The monoisotopic (exact) mass is 292 g/mol. The molecule has 7 nitrogen and oxygen atoms in total. The number of carbonyl (C=O) groups is 2. The minimum atomic E-state index is -0.876. The van der Waals surface area contributed by atoms with E-state index < -0.39 is 12.0 Å². The van der Waals surface area contributed by atoms with Crippen molar-refractivity contribution in [2.75, 3.05) is 0 Å². The molecule has 1 N–H and O–H groups in total. The summed E-state index contributed by atoms with van der Waals surface area (Å²) in [7, 11) is 0. The van der Waals surface area contributed by atoms with Gasteiger partial charge in [-0.05, 0) is 25.2 Å². The van der Waals surface area contributed by atoms with Crippen LogP contribution in [0.5, 0.6) is 0 Å². The van der Waals surface area contributed by atoms with Crippen LogP contribution in [-0.4, -0.2) is 49.0 Å². The summed E-state index contributed by atoms with van der Waals surface area (Å²) in [6.45, 7) is 0.444. The van der Waals surface area contributed by atoms with Gasteiger partial charge in [-0.25, -0.2) is 4.79 Å². The normalized spacial score (nSPS) is 28.4. The van der Waals surface area contributed by atoms with Crippen LogP contribution in [0.4, 0.5) is 0 Å². The highest BCUT2D eigenvalue weighted by molar-refractivity contribution is 5.84. The molecule has 1 aliphatic carbocycles. The SMILES string of the molecule is O=C(O)C1CC2CCCCC2N1C(=O)CCn1ccnn1. The predicted molar refractivity (Wildman–Crippen MR) is 73.3 cm³/mol. The molecule has 2 heterocycles. The Morgan fingerprint density at radius 2 is 2.10 bits per heavy atom. The number of carboxylic acids is 1. The molecule has 0 spiro atoms. The average molecular weight is 292 g/mol. The number of amides is 1. The Kier molecular flexibility index (Phi) is 3.90. The summed E-state index contributed by atoms with van der Waals surface area (Å²) in [4.78, 5) is 25.6. The summed E-state index contributed by atoms with van der Waals surface area (Å²) in [5.74, 6) is -0.596. The van der Waals surface area contributed by atoms with Crippen molar-refractivity contribution < 1.29 is 14.7 Å². The number of carbonyl (C=O) groups excluding carboxylic acids is 1. The zero-order chi connectivity index (χ0) is 14.8. The van der Waals surface area contributed by atoms with Crippen LogP contribution in [0.15, 0.2) is 12.4 Å². The number of carboxylic acid groups (broad SMARTS) is 1. The first kappa shape index (κ1) is 14.0. The van der Waals surface area contributed by atoms with Crippen LogP contribution in [0.2, 0.25) is 0 Å². The molecule has 3 atom stereocenters. The smallest absolute Gasteiger partial charge is 0.326 e. The highest BCUT2D eigenvalue weighted by atomic mass is 16.4. The van der Waals surface area contributed by atoms with Crippen molar-refractivity contribution in [2.45, 2.75) is 57.2 Å². The van der Waals surface area contributed by atoms with Gasteiger partial charge in [0.05, 0.1) is 12.7 Å². The quantitative estimate of drug-likeness (QED) is 0.891. The molecule has 3 unspecified atom stereocenters. The molecule has 1 aliphatic heterocycles. The Labute approximate surface area is 122 Å². The van der Waals surface area contributed by atoms with Gasteiger partial charge in [0.25, 0.3) is 0 Å². The Hall–Kier alpha value is -1.92. The number of hydrogen-bond acceptors (Lipinski definition) is 4. The third-order valence-electron chi connectivity index (χ3n) is 4.69. The molecule has 1 aromatic heterocycles. The first-order chi connectivity index (χ1) is 10.2. The summed E-state index contributed by atoms with van der Waals surface area (Å²) in [5.41, 5.74) is 0. The van der Waals surface area contributed by atoms with E-state index in [1.165, 1.54) is 0 Å². The molecule has 2 fully saturated rings. The van der Waals surface area contributed by atoms with Gasteiger partial charge < -0.3 is 10.0 Å². The van der Waals surface area contributed by atoms with Gasteiger partial charge in [-0.3, -0.25) is 9.48 Å². The predicted octanol–water partition coefficient (Wildman–Crippen LogP) is 0.912. The van der Waals surface area contributed by atoms with E-state index in [1.54, 1.807) is 22.0 Å². The van der Waals surface area contributed by atoms with Crippen molar-refractivity contribution in [1.29, 1.82) is 0 Å². The Bertz CT molecular complexity index is 516. The molecule has 2 aliphatic rings. The molecule has 21 heavy (non-hydrogen) atoms. The minimum absolute atomic E-state index is 0.0766. The van der Waals surface area contributed by atoms with Crippen molar-refractivity contribution in [3.8, 4) is 0 Å². The largest absolute Gasteiger partial charge is 0.480 e. The Balaban J connectivity index is 1.70. The zero-order valence-electron chi connectivity index (χ0n) is 11.9. The topological polar surface area (TPSA) is 88.3 Å². The van der Waals surface area contributed by atoms with Gasteiger partial charge in [0, 0.05) is 18.7 Å². The zero-order valence-corrected chi connectivity index (χ0v) is 11.9. The van der Waals surface area contributed by atoms with Crippen LogP contribution in [0.1, 0.15) is 38.5 Å². The van der Waals surface area contributed by atoms with E-state index >= 15 is 0 Å². The number of hydrogen-bond donors (Lipinski definition) is 1. The molecule has 1 saturated carbocycles. The maximum atomic E-state index is 12.5. The van der Waals surface area contributed by atoms with Gasteiger partial charge in [-0.15, -0.1) is 5.10 Å². The lowest BCUT2D eigenvalue weighted by Crippen LogP contribution is -2.46. The van der Waals surface area contributed by atoms with Gasteiger partial charge in [-0.1, -0.05) is 18.1 Å². The summed E-state index contributed by atoms with van der Waals surface area (Å²) in [6.07, 6.45) is 8.36. The highest BCUT2D eigenvalue weighted by Gasteiger charge is 2.47. The van der Waals surface area contributed by atoms with Crippen LogP contribution in [0, 0.1) is 5.92 Å². The van der Waals surface area contributed by atoms with E-state index in [2.05, 4.69) is 10.3 Å². The first-order valence-electron chi connectivity index (χ1n) is 7.55. The molecule has 1 saturated heterocycles. The van der Waals surface area contributed by atoms with Gasteiger partial charge >= 0.3 is 5.97 Å². The Morgan fingerprint density at radius 3 is 2.81 bits per heavy atom. The number of fused-ring (bicyclic) bond motifs is 1. The number of nitrogens with zero attached hydrogens (tertiary/aromatic N) is 4. The highest BCUT2D eigenvalue weighted by Crippen LogP contribution is 2.40. The molecule has 1 amide bonds. The third kappa shape index (κ3) is 2.77. The second kappa shape index (κ2) is 5.83. The van der Waals surface area contributed by atoms with E-state index in [9.17, 15) is 14.7 Å². The van der Waals surface area contributed by atoms with Crippen LogP contribution in [0.3, 0.4) is 0 Å². The van der Waals surface area contributed by atoms with E-state index in [0.717, 1.165) is 25.7 Å². The van der Waals surface area contributed by atoms with Crippen molar-refractivity contribution in [3.63, 3.8) is 0 Å². The summed E-state index contributed by atoms with van der Waals surface area (Å²) >= 11 is 0. The molecule has 7 heteroatoms. The van der Waals surface area contributed by atoms with Crippen LogP contribution < -0.4 is 0 Å². The van der Waals surface area contributed by atoms with E-state index in [0.29, 0.717) is 18.9 Å². The van der Waals surface area contributed by atoms with E-state index in [1.807, 2.05) is 0 Å². The molecule has 114 valence electrons. The van der Waals surface area contributed by atoms with E-state index in [4.69, 9.17) is 0 Å². The third-order valence-corrected chi connectivity index (χ3v) is 4.69. The number of rotatable bonds is 4. The maximum absolute atomic E-state index is 12.5. The number of aliphatic carboxylic acids is 1. The minimum Gasteiger partial charge on any atom is -0.480 e. The molecule has 0 aromatic carbocycles. The lowest BCUT2D eigenvalue weighted by molar-refractivity contribution is -0.150. The lowest BCUT2D eigenvalue weighted by atomic mass is 9.84. The average Bonchev–Trinajstić information content (AvgIpc) is 3.11. The second-order valence-corrected chi connectivity index (χ2v) is 5.92. The van der Waals surface area contributed by atoms with Crippen molar-refractivity contribution in [3.05, 3.63) is 12.4 Å². The van der Waals surface area contributed by atoms with Gasteiger partial charge in [-0.2, -0.15) is 0 Å². The molecule has 1 aromatic rings. The van der Waals surface area contributed by atoms with Crippen molar-refractivity contribution >= 4 is 11.9 Å². The summed E-state index contributed by atoms with van der Waals surface area (Å²) < 4.78 is 1.60. The molecule has 0 bridgehead atoms. The first-order valence-corrected chi connectivity index (χ1v) is 7.55. The van der Waals surface area contributed by atoms with Crippen molar-refractivity contribution in [1.82, 2.24) is 19.9 Å². The lowest BCUT2D eigenvalue weighted by Gasteiger charge is -2.33. The molecular formula is C14H20N4O3. The number of aryl methyl sites for hydroxylation is 1. The number of likely N-dealkylation sites (tertiary alicyclic amines) is 1. The fourth-order valence-electron chi connectivity index (χ4n) is 3.73. The van der Waals surface area contributed by atoms with Gasteiger partial charge in [0.15, 0.2) is 0 Å². The maximum Gasteiger partial charge on any atom is 0.326 e. The molecule has 0 radical (unpaired) electrons. The van der Waals surface area contributed by atoms with Crippen LogP contribution in [0.25, 0.3) is 0 Å². The van der Waals surface area contributed by atoms with Crippen molar-refractivity contribution in [2.24, 2.45) is 5.92 Å². The Morgan fingerprint density at radius 1 is 1.29 bits per heavy atom. The second-order valence-electron chi connectivity index (χ2n) is 5.92. The fraction of sp³-hybridized carbons (Fsp3) is 0.714. The summed E-state index contributed by atoms with van der Waals surface area (Å²) in [5, 5.41) is 16.9. The standard InChI is InChI=1S/C14H20N4O3/c19-13(5-7-17-8-6-15-16-17)18-11-4-2-1-3-10(11)9-12(18)14(20)21/h6,8,10-12H,1-5,7,9H2,(H,20,21).